The molecule has 0 radical (unpaired) electrons. The number of nitrogens with one attached hydrogen (secondary N) is 1. The van der Waals surface area contributed by atoms with Crippen LogP contribution in [-0.2, 0) is 13.1 Å². The Morgan fingerprint density at radius 2 is 1.70 bits per heavy atom. The minimum atomic E-state index is 0.198. The van der Waals surface area contributed by atoms with Gasteiger partial charge in [-0.1, -0.05) is 23.7 Å². The van der Waals surface area contributed by atoms with Crippen LogP contribution in [0.15, 0.2) is 36.4 Å². The number of aryl methyl sites for hydroxylation is 1. The van der Waals surface area contributed by atoms with Gasteiger partial charge in [-0.25, -0.2) is 0 Å². The van der Waals surface area contributed by atoms with E-state index in [-0.39, 0.29) is 5.95 Å². The molecule has 0 amide bonds. The normalized spacial score (nSPS) is 16.2. The van der Waals surface area contributed by atoms with E-state index >= 15 is 0 Å². The average molecular weight is 468 g/mol. The third kappa shape index (κ3) is 5.27. The van der Waals surface area contributed by atoms with Gasteiger partial charge in [-0.3, -0.25) is 9.80 Å². The Hall–Kier alpha value is -3.14. The maximum atomic E-state index is 6.12. The molecular formula is C23H26ClN7O2. The maximum absolute atomic E-state index is 6.12. The highest BCUT2D eigenvalue weighted by Gasteiger charge is 2.20. The van der Waals surface area contributed by atoms with Gasteiger partial charge in [0.1, 0.15) is 5.82 Å². The van der Waals surface area contributed by atoms with E-state index in [9.17, 15) is 0 Å². The summed E-state index contributed by atoms with van der Waals surface area (Å²) in [6.07, 6.45) is 0. The van der Waals surface area contributed by atoms with Crippen molar-refractivity contribution in [2.45, 2.75) is 20.0 Å². The first kappa shape index (κ1) is 21.7. The second-order valence-corrected chi connectivity index (χ2v) is 8.69. The predicted octanol–water partition coefficient (Wildman–Crippen LogP) is 3.21. The summed E-state index contributed by atoms with van der Waals surface area (Å²) in [6.45, 7) is 7.56. The topological polar surface area (TPSA) is 102 Å². The Morgan fingerprint density at radius 3 is 2.52 bits per heavy atom. The molecule has 2 aliphatic rings. The molecule has 1 fully saturated rings. The monoisotopic (exact) mass is 467 g/mol. The first-order valence-electron chi connectivity index (χ1n) is 10.9. The van der Waals surface area contributed by atoms with Crippen molar-refractivity contribution in [3.8, 4) is 11.5 Å². The van der Waals surface area contributed by atoms with Gasteiger partial charge in [-0.2, -0.15) is 15.0 Å². The summed E-state index contributed by atoms with van der Waals surface area (Å²) in [7, 11) is 0. The first-order chi connectivity index (χ1) is 16.0. The van der Waals surface area contributed by atoms with Crippen molar-refractivity contribution in [3.63, 3.8) is 0 Å². The molecule has 2 aromatic carbocycles. The highest BCUT2D eigenvalue weighted by atomic mass is 35.5. The fourth-order valence-electron chi connectivity index (χ4n) is 4.02. The van der Waals surface area contributed by atoms with Gasteiger partial charge in [-0.05, 0) is 42.3 Å². The number of aromatic nitrogens is 3. The molecule has 0 aliphatic carbocycles. The van der Waals surface area contributed by atoms with E-state index in [1.807, 2.05) is 31.2 Å². The average Bonchev–Trinajstić information content (AvgIpc) is 3.25. The third-order valence-corrected chi connectivity index (χ3v) is 6.05. The molecule has 5 rings (SSSR count). The molecule has 3 aromatic rings. The lowest BCUT2D eigenvalue weighted by Gasteiger charge is -2.34. The fourth-order valence-corrected chi connectivity index (χ4v) is 4.19. The highest BCUT2D eigenvalue weighted by molar-refractivity contribution is 6.30. The van der Waals surface area contributed by atoms with Crippen LogP contribution in [-0.4, -0.2) is 57.7 Å². The second-order valence-electron chi connectivity index (χ2n) is 8.26. The first-order valence-corrected chi connectivity index (χ1v) is 11.3. The maximum Gasteiger partial charge on any atom is 0.232 e. The molecule has 3 heterocycles. The molecule has 33 heavy (non-hydrogen) atoms. The standard InChI is InChI=1S/C23H26ClN7O2/c1-15-2-4-17(24)11-18(15)26-23-28-21(27-22(25)29-23)13-31-8-6-30(7-9-31)12-16-3-5-19-20(10-16)33-14-32-19/h2-5,10-11H,6-9,12-14H2,1H3,(H3,25,26,27,28,29). The molecule has 0 saturated carbocycles. The predicted molar refractivity (Wildman–Crippen MR) is 127 cm³/mol. The Morgan fingerprint density at radius 1 is 0.939 bits per heavy atom. The van der Waals surface area contributed by atoms with Crippen molar-refractivity contribution in [3.05, 3.63) is 58.4 Å². The number of piperazine rings is 1. The number of anilines is 3. The van der Waals surface area contributed by atoms with Crippen LogP contribution in [0.4, 0.5) is 17.6 Å². The van der Waals surface area contributed by atoms with E-state index in [0.717, 1.165) is 55.5 Å². The zero-order valence-electron chi connectivity index (χ0n) is 18.4. The van der Waals surface area contributed by atoms with Crippen molar-refractivity contribution in [1.82, 2.24) is 24.8 Å². The Bertz CT molecular complexity index is 1150. The van der Waals surface area contributed by atoms with Crippen LogP contribution in [0.1, 0.15) is 17.0 Å². The van der Waals surface area contributed by atoms with Crippen LogP contribution in [0.25, 0.3) is 0 Å². The molecule has 3 N–H and O–H groups in total. The van der Waals surface area contributed by atoms with E-state index in [0.29, 0.717) is 30.1 Å². The van der Waals surface area contributed by atoms with Gasteiger partial charge in [-0.15, -0.1) is 0 Å². The van der Waals surface area contributed by atoms with E-state index < -0.39 is 0 Å². The van der Waals surface area contributed by atoms with Gasteiger partial charge in [0.05, 0.1) is 6.54 Å². The van der Waals surface area contributed by atoms with E-state index in [1.165, 1.54) is 5.56 Å². The van der Waals surface area contributed by atoms with Crippen molar-refractivity contribution in [2.75, 3.05) is 44.0 Å². The lowest BCUT2D eigenvalue weighted by atomic mass is 10.1. The number of ether oxygens (including phenoxy) is 2. The van der Waals surface area contributed by atoms with Crippen molar-refractivity contribution >= 4 is 29.2 Å². The number of benzene rings is 2. The number of fused-ring (bicyclic) bond motifs is 1. The molecule has 0 unspecified atom stereocenters. The second kappa shape index (κ2) is 9.38. The van der Waals surface area contributed by atoms with Crippen LogP contribution in [0, 0.1) is 6.92 Å². The molecule has 1 saturated heterocycles. The summed E-state index contributed by atoms with van der Waals surface area (Å²) >= 11 is 6.12. The van der Waals surface area contributed by atoms with Crippen LogP contribution in [0.5, 0.6) is 11.5 Å². The quantitative estimate of drug-likeness (QED) is 0.565. The molecule has 0 atom stereocenters. The summed E-state index contributed by atoms with van der Waals surface area (Å²) in [5, 5.41) is 3.85. The third-order valence-electron chi connectivity index (χ3n) is 5.82. The Balaban J connectivity index is 1.18. The smallest absolute Gasteiger partial charge is 0.232 e. The lowest BCUT2D eigenvalue weighted by molar-refractivity contribution is 0.120. The minimum Gasteiger partial charge on any atom is -0.454 e. The zero-order valence-corrected chi connectivity index (χ0v) is 19.2. The summed E-state index contributed by atoms with van der Waals surface area (Å²) in [4.78, 5) is 17.9. The molecule has 1 aromatic heterocycles. The van der Waals surface area contributed by atoms with Gasteiger partial charge in [0.25, 0.3) is 0 Å². The molecular weight excluding hydrogens is 442 g/mol. The number of hydrogen-bond acceptors (Lipinski definition) is 9. The zero-order chi connectivity index (χ0) is 22.8. The van der Waals surface area contributed by atoms with E-state index in [2.05, 4.69) is 42.2 Å². The van der Waals surface area contributed by atoms with Crippen molar-refractivity contribution < 1.29 is 9.47 Å². The summed E-state index contributed by atoms with van der Waals surface area (Å²) < 4.78 is 10.9. The SMILES string of the molecule is Cc1ccc(Cl)cc1Nc1nc(N)nc(CN2CCN(Cc3ccc4c(c3)OCO4)CC2)n1. The van der Waals surface area contributed by atoms with Crippen LogP contribution in [0.3, 0.4) is 0 Å². The van der Waals surface area contributed by atoms with Gasteiger partial charge >= 0.3 is 0 Å². The lowest BCUT2D eigenvalue weighted by Crippen LogP contribution is -2.45. The molecule has 10 heteroatoms. The largest absolute Gasteiger partial charge is 0.454 e. The summed E-state index contributed by atoms with van der Waals surface area (Å²) in [5.41, 5.74) is 9.07. The van der Waals surface area contributed by atoms with Gasteiger partial charge in [0.2, 0.25) is 18.7 Å². The van der Waals surface area contributed by atoms with Crippen molar-refractivity contribution in [2.24, 2.45) is 0 Å². The number of nitrogens with two attached hydrogens (primary N) is 1. The number of nitrogens with zero attached hydrogens (tertiary/aromatic N) is 5. The summed E-state index contributed by atoms with van der Waals surface area (Å²) in [6, 6.07) is 11.8. The van der Waals surface area contributed by atoms with Gasteiger partial charge in [0.15, 0.2) is 11.5 Å². The van der Waals surface area contributed by atoms with Crippen molar-refractivity contribution in [1.29, 1.82) is 0 Å². The Labute approximate surface area is 197 Å². The molecule has 2 aliphatic heterocycles. The van der Waals surface area contributed by atoms with Crippen LogP contribution in [0.2, 0.25) is 5.02 Å². The van der Waals surface area contributed by atoms with E-state index in [1.54, 1.807) is 0 Å². The van der Waals surface area contributed by atoms with E-state index in [4.69, 9.17) is 26.8 Å². The Kier molecular flexibility index (Phi) is 6.17. The van der Waals surface area contributed by atoms with Crippen LogP contribution >= 0.6 is 11.6 Å². The molecule has 0 bridgehead atoms. The number of nitrogen functional groups attached to an aromatic ring is 1. The molecule has 0 spiro atoms. The van der Waals surface area contributed by atoms with Gasteiger partial charge < -0.3 is 20.5 Å². The molecule has 172 valence electrons. The number of rotatable bonds is 6. The minimum absolute atomic E-state index is 0.198. The number of halogens is 1. The molecule has 9 nitrogen and oxygen atoms in total. The fraction of sp³-hybridized carbons (Fsp3) is 0.348. The van der Waals surface area contributed by atoms with Gasteiger partial charge in [0, 0.05) is 43.4 Å². The number of hydrogen-bond donors (Lipinski definition) is 2. The highest BCUT2D eigenvalue weighted by Crippen LogP contribution is 2.33. The van der Waals surface area contributed by atoms with Crippen LogP contribution < -0.4 is 20.5 Å². The summed E-state index contributed by atoms with van der Waals surface area (Å²) in [5.74, 6) is 2.91.